The molecule has 2 N–H and O–H groups in total. The lowest BCUT2D eigenvalue weighted by molar-refractivity contribution is 0.472. The Morgan fingerprint density at radius 3 is 2.45 bits per heavy atom. The molecule has 22 heavy (non-hydrogen) atoms. The van der Waals surface area contributed by atoms with Crippen molar-refractivity contribution >= 4 is 6.08 Å². The lowest BCUT2D eigenvalue weighted by atomic mass is 9.75. The molecule has 2 nitrogen and oxygen atoms in total. The maximum absolute atomic E-state index is 9.70. The molecule has 0 unspecified atom stereocenters. The van der Waals surface area contributed by atoms with Crippen molar-refractivity contribution in [3.8, 4) is 11.5 Å². The first kappa shape index (κ1) is 13.4. The van der Waals surface area contributed by atoms with Crippen LogP contribution in [-0.4, -0.2) is 10.2 Å². The summed E-state index contributed by atoms with van der Waals surface area (Å²) in [4.78, 5) is 0. The third kappa shape index (κ3) is 2.29. The van der Waals surface area contributed by atoms with Crippen molar-refractivity contribution in [2.45, 2.75) is 38.0 Å². The summed E-state index contributed by atoms with van der Waals surface area (Å²) in [5.74, 6) is 1.21. The van der Waals surface area contributed by atoms with E-state index >= 15 is 0 Å². The molecule has 0 amide bonds. The SMILES string of the molecule is Oc1ccc2c(c1)CCC([C@@H]1CCCc3cc(O)ccc31)=C2. The summed E-state index contributed by atoms with van der Waals surface area (Å²) < 4.78 is 0. The molecule has 0 radical (unpaired) electrons. The molecule has 0 spiro atoms. The summed E-state index contributed by atoms with van der Waals surface area (Å²) in [6.07, 6.45) is 7.81. The maximum atomic E-state index is 9.70. The number of hydrogen-bond acceptors (Lipinski definition) is 2. The van der Waals surface area contributed by atoms with Crippen LogP contribution in [0.1, 0.15) is 47.4 Å². The van der Waals surface area contributed by atoms with Gasteiger partial charge >= 0.3 is 0 Å². The van der Waals surface area contributed by atoms with Gasteiger partial charge in [-0.1, -0.05) is 23.8 Å². The number of aromatic hydroxyl groups is 2. The van der Waals surface area contributed by atoms with Gasteiger partial charge in [-0.2, -0.15) is 0 Å². The van der Waals surface area contributed by atoms with Crippen LogP contribution < -0.4 is 0 Å². The van der Waals surface area contributed by atoms with Crippen LogP contribution in [0.2, 0.25) is 0 Å². The van der Waals surface area contributed by atoms with Crippen LogP contribution >= 0.6 is 0 Å². The number of aryl methyl sites for hydroxylation is 2. The number of phenolic OH excluding ortho intramolecular Hbond substituents is 2. The molecule has 0 bridgehead atoms. The molecule has 0 heterocycles. The number of fused-ring (bicyclic) bond motifs is 2. The van der Waals surface area contributed by atoms with Crippen molar-refractivity contribution in [2.75, 3.05) is 0 Å². The fourth-order valence-electron chi connectivity index (χ4n) is 3.96. The van der Waals surface area contributed by atoms with Crippen LogP contribution in [0.15, 0.2) is 42.0 Å². The van der Waals surface area contributed by atoms with E-state index in [9.17, 15) is 10.2 Å². The standard InChI is InChI=1S/C20H20O2/c21-17-7-6-13-10-16(5-4-14(13)11-17)19-3-1-2-15-12-18(22)8-9-20(15)19/h6-12,19,21-22H,1-5H2/t19-/m0/s1. The third-order valence-corrected chi connectivity index (χ3v) is 5.04. The van der Waals surface area contributed by atoms with Gasteiger partial charge in [-0.3, -0.25) is 0 Å². The Balaban J connectivity index is 1.73. The molecule has 2 heteroatoms. The van der Waals surface area contributed by atoms with Crippen molar-refractivity contribution in [1.29, 1.82) is 0 Å². The van der Waals surface area contributed by atoms with Gasteiger partial charge in [0, 0.05) is 5.92 Å². The van der Waals surface area contributed by atoms with Gasteiger partial charge in [0.25, 0.3) is 0 Å². The van der Waals surface area contributed by atoms with Gasteiger partial charge in [-0.15, -0.1) is 0 Å². The van der Waals surface area contributed by atoms with Gasteiger partial charge < -0.3 is 10.2 Å². The minimum absolute atomic E-state index is 0.356. The second-order valence-corrected chi connectivity index (χ2v) is 6.43. The molecule has 2 aliphatic carbocycles. The average molecular weight is 292 g/mol. The van der Waals surface area contributed by atoms with Crippen LogP contribution in [0.4, 0.5) is 0 Å². The van der Waals surface area contributed by atoms with Crippen LogP contribution in [0.3, 0.4) is 0 Å². The molecule has 2 aliphatic rings. The lowest BCUT2D eigenvalue weighted by Crippen LogP contribution is -2.14. The second-order valence-electron chi connectivity index (χ2n) is 6.43. The van der Waals surface area contributed by atoms with Crippen molar-refractivity contribution < 1.29 is 10.2 Å². The summed E-state index contributed by atoms with van der Waals surface area (Å²) in [7, 11) is 0. The van der Waals surface area contributed by atoms with E-state index in [4.69, 9.17) is 0 Å². The zero-order chi connectivity index (χ0) is 15.1. The Hall–Kier alpha value is -2.22. The van der Waals surface area contributed by atoms with Gasteiger partial charge in [0.05, 0.1) is 0 Å². The third-order valence-electron chi connectivity index (χ3n) is 5.04. The van der Waals surface area contributed by atoms with Crippen LogP contribution in [-0.2, 0) is 12.8 Å². The average Bonchev–Trinajstić information content (AvgIpc) is 2.53. The first-order chi connectivity index (χ1) is 10.7. The van der Waals surface area contributed by atoms with Gasteiger partial charge in [-0.25, -0.2) is 0 Å². The molecule has 2 aromatic carbocycles. The molecule has 1 atom stereocenters. The van der Waals surface area contributed by atoms with E-state index in [0.29, 0.717) is 17.4 Å². The highest BCUT2D eigenvalue weighted by Crippen LogP contribution is 2.42. The van der Waals surface area contributed by atoms with E-state index in [-0.39, 0.29) is 0 Å². The van der Waals surface area contributed by atoms with Crippen molar-refractivity contribution in [3.05, 3.63) is 64.2 Å². The minimum Gasteiger partial charge on any atom is -0.508 e. The zero-order valence-corrected chi connectivity index (χ0v) is 12.5. The fourth-order valence-corrected chi connectivity index (χ4v) is 3.96. The summed E-state index contributed by atoms with van der Waals surface area (Å²) in [6, 6.07) is 11.5. The van der Waals surface area contributed by atoms with Crippen LogP contribution in [0.5, 0.6) is 11.5 Å². The van der Waals surface area contributed by atoms with E-state index in [2.05, 4.69) is 12.1 Å². The number of allylic oxidation sites excluding steroid dienone is 1. The number of hydrogen-bond donors (Lipinski definition) is 2. The van der Waals surface area contributed by atoms with Crippen molar-refractivity contribution in [1.82, 2.24) is 0 Å². The number of phenols is 2. The molecular formula is C20H20O2. The Morgan fingerprint density at radius 2 is 1.59 bits per heavy atom. The quantitative estimate of drug-likeness (QED) is 0.809. The maximum Gasteiger partial charge on any atom is 0.115 e. The van der Waals surface area contributed by atoms with Crippen LogP contribution in [0, 0.1) is 0 Å². The first-order valence-electron chi connectivity index (χ1n) is 8.05. The highest BCUT2D eigenvalue weighted by Gasteiger charge is 2.25. The Morgan fingerprint density at radius 1 is 0.818 bits per heavy atom. The normalized spacial score (nSPS) is 20.0. The van der Waals surface area contributed by atoms with E-state index < -0.39 is 0 Å². The van der Waals surface area contributed by atoms with E-state index in [1.807, 2.05) is 24.3 Å². The smallest absolute Gasteiger partial charge is 0.115 e. The highest BCUT2D eigenvalue weighted by atomic mass is 16.3. The van der Waals surface area contributed by atoms with E-state index in [1.54, 1.807) is 6.07 Å². The number of rotatable bonds is 1. The molecular weight excluding hydrogens is 272 g/mol. The van der Waals surface area contributed by atoms with Gasteiger partial charge in [0.1, 0.15) is 11.5 Å². The predicted octanol–water partition coefficient (Wildman–Crippen LogP) is 4.55. The highest BCUT2D eigenvalue weighted by molar-refractivity contribution is 5.63. The molecule has 112 valence electrons. The van der Waals surface area contributed by atoms with Crippen LogP contribution in [0.25, 0.3) is 6.08 Å². The predicted molar refractivity (Wildman–Crippen MR) is 88.2 cm³/mol. The van der Waals surface area contributed by atoms with Gasteiger partial charge in [0.2, 0.25) is 0 Å². The van der Waals surface area contributed by atoms with E-state index in [0.717, 1.165) is 19.3 Å². The van der Waals surface area contributed by atoms with Gasteiger partial charge in [0.15, 0.2) is 0 Å². The molecule has 0 aliphatic heterocycles. The topological polar surface area (TPSA) is 40.5 Å². The molecule has 0 fully saturated rings. The monoisotopic (exact) mass is 292 g/mol. The Labute approximate surface area is 130 Å². The molecule has 0 saturated heterocycles. The summed E-state index contributed by atoms with van der Waals surface area (Å²) in [6.45, 7) is 0. The molecule has 2 aromatic rings. The number of benzene rings is 2. The minimum atomic E-state index is 0.356. The van der Waals surface area contributed by atoms with Crippen molar-refractivity contribution in [2.24, 2.45) is 0 Å². The Bertz CT molecular complexity index is 758. The molecule has 0 aromatic heterocycles. The van der Waals surface area contributed by atoms with E-state index in [1.165, 1.54) is 40.7 Å². The molecule has 4 rings (SSSR count). The molecule has 0 saturated carbocycles. The lowest BCUT2D eigenvalue weighted by Gasteiger charge is -2.30. The zero-order valence-electron chi connectivity index (χ0n) is 12.5. The Kier molecular flexibility index (Phi) is 3.18. The second kappa shape index (κ2) is 5.20. The van der Waals surface area contributed by atoms with Gasteiger partial charge in [-0.05, 0) is 78.6 Å². The fraction of sp³-hybridized carbons (Fsp3) is 0.300. The summed E-state index contributed by atoms with van der Waals surface area (Å²) >= 11 is 0. The summed E-state index contributed by atoms with van der Waals surface area (Å²) in [5.41, 5.74) is 6.66. The van der Waals surface area contributed by atoms with Crippen molar-refractivity contribution in [3.63, 3.8) is 0 Å². The largest absolute Gasteiger partial charge is 0.508 e. The summed E-state index contributed by atoms with van der Waals surface area (Å²) in [5, 5.41) is 19.3. The first-order valence-corrected chi connectivity index (χ1v) is 8.05.